The van der Waals surface area contributed by atoms with Crippen molar-refractivity contribution in [3.05, 3.63) is 95.6 Å². The number of anilines is 1. The van der Waals surface area contributed by atoms with E-state index in [1.807, 2.05) is 30.3 Å². The zero-order valence-corrected chi connectivity index (χ0v) is 16.2. The molecule has 0 aromatic heterocycles. The molecule has 0 spiro atoms. The summed E-state index contributed by atoms with van der Waals surface area (Å²) in [7, 11) is 0. The molecule has 8 heteroatoms. The van der Waals surface area contributed by atoms with E-state index in [1.54, 1.807) is 12.1 Å². The molecule has 5 nitrogen and oxygen atoms in total. The summed E-state index contributed by atoms with van der Waals surface area (Å²) in [6.45, 7) is -0.412. The number of carbonyl (C=O) groups is 2. The minimum absolute atomic E-state index is 0.201. The Hall–Kier alpha value is -3.81. The van der Waals surface area contributed by atoms with Crippen molar-refractivity contribution in [2.45, 2.75) is 12.8 Å². The molecule has 0 radical (unpaired) electrons. The molecule has 3 rings (SSSR count). The molecule has 0 unspecified atom stereocenters. The van der Waals surface area contributed by atoms with Crippen LogP contribution in [0.3, 0.4) is 0 Å². The zero-order chi connectivity index (χ0) is 22.3. The van der Waals surface area contributed by atoms with Gasteiger partial charge in [0.2, 0.25) is 0 Å². The van der Waals surface area contributed by atoms with Crippen LogP contribution in [0.5, 0.6) is 5.75 Å². The van der Waals surface area contributed by atoms with Crippen LogP contribution in [0, 0.1) is 0 Å². The number of ether oxygens (including phenoxy) is 2. The zero-order valence-electron chi connectivity index (χ0n) is 16.2. The van der Waals surface area contributed by atoms with Gasteiger partial charge in [-0.05, 0) is 42.0 Å². The number of rotatable bonds is 7. The maximum Gasteiger partial charge on any atom is 0.418 e. The average molecular weight is 429 g/mol. The van der Waals surface area contributed by atoms with E-state index in [0.717, 1.165) is 17.7 Å². The molecule has 3 aromatic carbocycles. The van der Waals surface area contributed by atoms with E-state index in [0.29, 0.717) is 12.4 Å². The largest absolute Gasteiger partial charge is 0.489 e. The predicted octanol–water partition coefficient (Wildman–Crippen LogP) is 5.08. The molecule has 0 heterocycles. The number of esters is 1. The molecule has 0 aliphatic heterocycles. The maximum atomic E-state index is 13.0. The Morgan fingerprint density at radius 2 is 1.48 bits per heavy atom. The van der Waals surface area contributed by atoms with Crippen molar-refractivity contribution in [3.63, 3.8) is 0 Å². The summed E-state index contributed by atoms with van der Waals surface area (Å²) in [5, 5.41) is 2.11. The van der Waals surface area contributed by atoms with Crippen molar-refractivity contribution in [1.29, 1.82) is 0 Å². The van der Waals surface area contributed by atoms with E-state index < -0.39 is 35.9 Å². The Kier molecular flexibility index (Phi) is 6.92. The number of hydrogen-bond acceptors (Lipinski definition) is 4. The van der Waals surface area contributed by atoms with Crippen LogP contribution in [0.25, 0.3) is 0 Å². The average Bonchev–Trinajstić information content (AvgIpc) is 2.77. The quantitative estimate of drug-likeness (QED) is 0.532. The van der Waals surface area contributed by atoms with Crippen LogP contribution in [-0.2, 0) is 22.3 Å². The monoisotopic (exact) mass is 429 g/mol. The van der Waals surface area contributed by atoms with Crippen molar-refractivity contribution >= 4 is 17.6 Å². The Bertz CT molecular complexity index is 1030. The van der Waals surface area contributed by atoms with Gasteiger partial charge in [0.1, 0.15) is 12.4 Å². The number of para-hydroxylation sites is 2. The van der Waals surface area contributed by atoms with Crippen LogP contribution in [0.2, 0.25) is 0 Å². The summed E-state index contributed by atoms with van der Waals surface area (Å²) in [5.74, 6) is -0.934. The molecule has 0 bridgehead atoms. The minimum Gasteiger partial charge on any atom is -0.489 e. The van der Waals surface area contributed by atoms with Crippen molar-refractivity contribution in [2.24, 2.45) is 0 Å². The molecule has 3 aromatic rings. The lowest BCUT2D eigenvalue weighted by Gasteiger charge is -2.13. The first-order valence-electron chi connectivity index (χ1n) is 9.23. The van der Waals surface area contributed by atoms with Gasteiger partial charge in [0.15, 0.2) is 6.61 Å². The van der Waals surface area contributed by atoms with Gasteiger partial charge in [-0.3, -0.25) is 4.79 Å². The number of amides is 1. The Balaban J connectivity index is 1.51. The molecule has 1 amide bonds. The van der Waals surface area contributed by atoms with E-state index in [2.05, 4.69) is 5.32 Å². The van der Waals surface area contributed by atoms with Gasteiger partial charge in [0.05, 0.1) is 16.8 Å². The molecule has 0 aliphatic carbocycles. The van der Waals surface area contributed by atoms with Crippen molar-refractivity contribution in [3.8, 4) is 5.75 Å². The van der Waals surface area contributed by atoms with Crippen LogP contribution >= 0.6 is 0 Å². The van der Waals surface area contributed by atoms with E-state index in [-0.39, 0.29) is 5.56 Å². The van der Waals surface area contributed by atoms with Gasteiger partial charge >= 0.3 is 12.1 Å². The SMILES string of the molecule is O=C(COC(=O)c1ccc(COc2ccccc2)cc1)Nc1ccccc1C(F)(F)F. The van der Waals surface area contributed by atoms with Crippen LogP contribution in [0.1, 0.15) is 21.5 Å². The fourth-order valence-electron chi connectivity index (χ4n) is 2.66. The minimum atomic E-state index is -4.62. The molecule has 0 aliphatic rings. The van der Waals surface area contributed by atoms with Crippen molar-refractivity contribution in [1.82, 2.24) is 0 Å². The standard InChI is InChI=1S/C23H18F3NO4/c24-23(25,26)19-8-4-5-9-20(19)27-21(28)15-31-22(29)17-12-10-16(11-13-17)14-30-18-6-2-1-3-7-18/h1-13H,14-15H2,(H,27,28). The van der Waals surface area contributed by atoms with Crippen LogP contribution < -0.4 is 10.1 Å². The van der Waals surface area contributed by atoms with E-state index in [4.69, 9.17) is 9.47 Å². The van der Waals surface area contributed by atoms with Gasteiger partial charge in [-0.2, -0.15) is 13.2 Å². The number of carbonyl (C=O) groups excluding carboxylic acids is 2. The van der Waals surface area contributed by atoms with Gasteiger partial charge < -0.3 is 14.8 Å². The second-order valence-corrected chi connectivity index (χ2v) is 6.47. The van der Waals surface area contributed by atoms with Crippen LogP contribution in [-0.4, -0.2) is 18.5 Å². The third kappa shape index (κ3) is 6.33. The fraction of sp³-hybridized carbons (Fsp3) is 0.130. The Morgan fingerprint density at radius 1 is 0.839 bits per heavy atom. The van der Waals surface area contributed by atoms with Gasteiger partial charge in [0, 0.05) is 0 Å². The highest BCUT2D eigenvalue weighted by Gasteiger charge is 2.33. The Morgan fingerprint density at radius 3 is 2.16 bits per heavy atom. The molecule has 1 N–H and O–H groups in total. The normalized spacial score (nSPS) is 10.9. The number of halogens is 3. The lowest BCUT2D eigenvalue weighted by atomic mass is 10.1. The third-order valence-electron chi connectivity index (χ3n) is 4.18. The lowest BCUT2D eigenvalue weighted by Crippen LogP contribution is -2.22. The summed E-state index contributed by atoms with van der Waals surface area (Å²) in [6, 6.07) is 20.2. The van der Waals surface area contributed by atoms with Crippen molar-refractivity contribution in [2.75, 3.05) is 11.9 Å². The van der Waals surface area contributed by atoms with E-state index in [9.17, 15) is 22.8 Å². The summed E-state index contributed by atoms with van der Waals surface area (Å²) in [6.07, 6.45) is -4.62. The van der Waals surface area contributed by atoms with Gasteiger partial charge in [-0.1, -0.05) is 42.5 Å². The van der Waals surface area contributed by atoms with Gasteiger partial charge in [-0.25, -0.2) is 4.79 Å². The molecule has 0 atom stereocenters. The third-order valence-corrected chi connectivity index (χ3v) is 4.18. The topological polar surface area (TPSA) is 64.6 Å². The highest BCUT2D eigenvalue weighted by molar-refractivity contribution is 5.96. The molecule has 0 saturated heterocycles. The Labute approximate surface area is 176 Å². The number of benzene rings is 3. The van der Waals surface area contributed by atoms with Crippen molar-refractivity contribution < 1.29 is 32.2 Å². The number of alkyl halides is 3. The molecule has 0 saturated carbocycles. The summed E-state index contributed by atoms with van der Waals surface area (Å²) in [4.78, 5) is 24.0. The molecule has 31 heavy (non-hydrogen) atoms. The van der Waals surface area contributed by atoms with Crippen LogP contribution in [0.15, 0.2) is 78.9 Å². The van der Waals surface area contributed by atoms with Gasteiger partial charge in [-0.15, -0.1) is 0 Å². The highest BCUT2D eigenvalue weighted by Crippen LogP contribution is 2.34. The maximum absolute atomic E-state index is 13.0. The second kappa shape index (κ2) is 9.80. The lowest BCUT2D eigenvalue weighted by molar-refractivity contribution is -0.137. The fourth-order valence-corrected chi connectivity index (χ4v) is 2.66. The first-order valence-corrected chi connectivity index (χ1v) is 9.23. The molecule has 160 valence electrons. The summed E-state index contributed by atoms with van der Waals surface area (Å²) in [5.41, 5.74) is -0.365. The molecule has 0 fully saturated rings. The van der Waals surface area contributed by atoms with Crippen LogP contribution in [0.4, 0.5) is 18.9 Å². The molecular formula is C23H18F3NO4. The number of nitrogens with one attached hydrogen (secondary N) is 1. The predicted molar refractivity (Wildman–Crippen MR) is 108 cm³/mol. The van der Waals surface area contributed by atoms with E-state index in [1.165, 1.54) is 24.3 Å². The molecular weight excluding hydrogens is 411 g/mol. The smallest absolute Gasteiger partial charge is 0.418 e. The number of hydrogen-bond donors (Lipinski definition) is 1. The summed E-state index contributed by atoms with van der Waals surface area (Å²) < 4.78 is 49.4. The highest BCUT2D eigenvalue weighted by atomic mass is 19.4. The first kappa shape index (κ1) is 21.9. The van der Waals surface area contributed by atoms with E-state index >= 15 is 0 Å². The summed E-state index contributed by atoms with van der Waals surface area (Å²) >= 11 is 0. The second-order valence-electron chi connectivity index (χ2n) is 6.47. The van der Waals surface area contributed by atoms with Gasteiger partial charge in [0.25, 0.3) is 5.91 Å². The first-order chi connectivity index (χ1) is 14.8.